The largest absolute Gasteiger partial charge is 0.453 e. The van der Waals surface area contributed by atoms with Gasteiger partial charge >= 0.3 is 6.09 Å². The van der Waals surface area contributed by atoms with E-state index < -0.39 is 12.1 Å². The number of alkyl carbamates (subject to hydrolysis) is 1. The summed E-state index contributed by atoms with van der Waals surface area (Å²) in [6.07, 6.45) is 0.0326. The highest BCUT2D eigenvalue weighted by Gasteiger charge is 2.29. The molecular weight excluding hydrogens is 322 g/mol. The zero-order valence-electron chi connectivity index (χ0n) is 15.2. The number of rotatable bonds is 8. The number of ether oxygens (including phenoxy) is 1. The molecule has 138 valence electrons. The number of carbonyl (C=O) groups excluding carboxylic acids is 3. The molecule has 7 heteroatoms. The predicted octanol–water partition coefficient (Wildman–Crippen LogP) is 2.24. The van der Waals surface area contributed by atoms with Gasteiger partial charge in [0, 0.05) is 12.2 Å². The van der Waals surface area contributed by atoms with Gasteiger partial charge < -0.3 is 20.3 Å². The number of hydrogen-bond acceptors (Lipinski definition) is 4. The van der Waals surface area contributed by atoms with Crippen LogP contribution in [-0.2, 0) is 14.3 Å². The van der Waals surface area contributed by atoms with Crippen LogP contribution in [0, 0.1) is 5.92 Å². The van der Waals surface area contributed by atoms with Gasteiger partial charge in [-0.3, -0.25) is 9.59 Å². The van der Waals surface area contributed by atoms with Crippen LogP contribution in [0.5, 0.6) is 0 Å². The molecule has 1 aromatic rings. The molecule has 0 aliphatic heterocycles. The van der Waals surface area contributed by atoms with Crippen LogP contribution < -0.4 is 10.6 Å². The Morgan fingerprint density at radius 3 is 2.32 bits per heavy atom. The lowest BCUT2D eigenvalue weighted by molar-refractivity contribution is -0.137. The van der Waals surface area contributed by atoms with Crippen molar-refractivity contribution in [2.45, 2.75) is 33.2 Å². The topological polar surface area (TPSA) is 87.7 Å². The zero-order chi connectivity index (χ0) is 18.8. The fourth-order valence-corrected chi connectivity index (χ4v) is 2.33. The van der Waals surface area contributed by atoms with Crippen molar-refractivity contribution < 1.29 is 19.1 Å². The molecule has 1 atom stereocenters. The average Bonchev–Trinajstić information content (AvgIpc) is 2.59. The van der Waals surface area contributed by atoms with Crippen LogP contribution in [0.25, 0.3) is 0 Å². The molecule has 2 N–H and O–H groups in total. The second kappa shape index (κ2) is 10.3. The normalized spacial score (nSPS) is 11.6. The van der Waals surface area contributed by atoms with Gasteiger partial charge in [0.15, 0.2) is 0 Å². The van der Waals surface area contributed by atoms with Crippen molar-refractivity contribution in [3.63, 3.8) is 0 Å². The van der Waals surface area contributed by atoms with Crippen molar-refractivity contribution in [2.75, 3.05) is 25.5 Å². The quantitative estimate of drug-likeness (QED) is 0.753. The SMILES string of the molecule is CCCN(CC(=O)Nc1ccccc1)C(=O)C(NC(=O)OC)C(C)C. The first-order chi connectivity index (χ1) is 11.9. The van der Waals surface area contributed by atoms with E-state index in [1.165, 1.54) is 12.0 Å². The summed E-state index contributed by atoms with van der Waals surface area (Å²) in [6.45, 7) is 5.92. The number of anilines is 1. The molecular formula is C18H27N3O4. The first-order valence-electron chi connectivity index (χ1n) is 8.37. The lowest BCUT2D eigenvalue weighted by Crippen LogP contribution is -2.52. The van der Waals surface area contributed by atoms with Crippen molar-refractivity contribution in [3.8, 4) is 0 Å². The molecule has 0 spiro atoms. The van der Waals surface area contributed by atoms with Crippen LogP contribution >= 0.6 is 0 Å². The van der Waals surface area contributed by atoms with Gasteiger partial charge in [0.05, 0.1) is 13.7 Å². The number of benzene rings is 1. The van der Waals surface area contributed by atoms with Crippen LogP contribution in [0.15, 0.2) is 30.3 Å². The van der Waals surface area contributed by atoms with Gasteiger partial charge in [-0.25, -0.2) is 4.79 Å². The summed E-state index contributed by atoms with van der Waals surface area (Å²) < 4.78 is 4.58. The van der Waals surface area contributed by atoms with Gasteiger partial charge in [0.1, 0.15) is 6.04 Å². The Labute approximate surface area is 148 Å². The minimum atomic E-state index is -0.747. The van der Waals surface area contributed by atoms with Crippen molar-refractivity contribution in [2.24, 2.45) is 5.92 Å². The fraction of sp³-hybridized carbons (Fsp3) is 0.500. The summed E-state index contributed by atoms with van der Waals surface area (Å²) in [4.78, 5) is 38.0. The summed E-state index contributed by atoms with van der Waals surface area (Å²) in [5, 5.41) is 5.30. The Hall–Kier alpha value is -2.57. The Bertz CT molecular complexity index is 575. The maximum absolute atomic E-state index is 12.8. The number of hydrogen-bond donors (Lipinski definition) is 2. The number of nitrogens with zero attached hydrogens (tertiary/aromatic N) is 1. The van der Waals surface area contributed by atoms with E-state index in [0.717, 1.165) is 0 Å². The first-order valence-corrected chi connectivity index (χ1v) is 8.37. The van der Waals surface area contributed by atoms with Crippen molar-refractivity contribution in [1.29, 1.82) is 0 Å². The number of methoxy groups -OCH3 is 1. The summed E-state index contributed by atoms with van der Waals surface area (Å²) >= 11 is 0. The van der Waals surface area contributed by atoms with E-state index in [0.29, 0.717) is 18.7 Å². The van der Waals surface area contributed by atoms with Gasteiger partial charge in [-0.05, 0) is 24.5 Å². The smallest absolute Gasteiger partial charge is 0.407 e. The Kier molecular flexibility index (Phi) is 8.46. The molecule has 1 unspecified atom stereocenters. The van der Waals surface area contributed by atoms with E-state index in [9.17, 15) is 14.4 Å². The van der Waals surface area contributed by atoms with Crippen molar-refractivity contribution in [1.82, 2.24) is 10.2 Å². The first kappa shape index (κ1) is 20.5. The number of nitrogens with one attached hydrogen (secondary N) is 2. The molecule has 1 rings (SSSR count). The van der Waals surface area contributed by atoms with Gasteiger partial charge in [-0.2, -0.15) is 0 Å². The molecule has 7 nitrogen and oxygen atoms in total. The fourth-order valence-electron chi connectivity index (χ4n) is 2.33. The molecule has 3 amide bonds. The van der Waals surface area contributed by atoms with Gasteiger partial charge in [0.2, 0.25) is 11.8 Å². The van der Waals surface area contributed by atoms with Crippen LogP contribution in [0.2, 0.25) is 0 Å². The Balaban J connectivity index is 2.79. The van der Waals surface area contributed by atoms with Gasteiger partial charge in [0.25, 0.3) is 0 Å². The molecule has 0 saturated heterocycles. The summed E-state index contributed by atoms with van der Waals surface area (Å²) in [5.41, 5.74) is 0.671. The number of carbonyl (C=O) groups is 3. The van der Waals surface area contributed by atoms with Crippen molar-refractivity contribution >= 4 is 23.6 Å². The highest BCUT2D eigenvalue weighted by atomic mass is 16.5. The van der Waals surface area contributed by atoms with Crippen LogP contribution in [0.4, 0.5) is 10.5 Å². The number of amides is 3. The third kappa shape index (κ3) is 6.82. The second-order valence-corrected chi connectivity index (χ2v) is 6.03. The lowest BCUT2D eigenvalue weighted by atomic mass is 10.0. The van der Waals surface area contributed by atoms with Crippen LogP contribution in [0.3, 0.4) is 0 Å². The minimum absolute atomic E-state index is 0.0758. The molecule has 0 fully saturated rings. The third-order valence-electron chi connectivity index (χ3n) is 3.59. The van der Waals surface area contributed by atoms with Crippen LogP contribution in [0.1, 0.15) is 27.2 Å². The molecule has 0 aromatic heterocycles. The van der Waals surface area contributed by atoms with E-state index in [-0.39, 0.29) is 24.3 Å². The summed E-state index contributed by atoms with van der Waals surface area (Å²) in [5.74, 6) is -0.720. The summed E-state index contributed by atoms with van der Waals surface area (Å²) in [6, 6.07) is 8.30. The van der Waals surface area contributed by atoms with E-state index in [1.54, 1.807) is 12.1 Å². The third-order valence-corrected chi connectivity index (χ3v) is 3.59. The molecule has 0 radical (unpaired) electrons. The van der Waals surface area contributed by atoms with E-state index >= 15 is 0 Å². The predicted molar refractivity (Wildman–Crippen MR) is 96.1 cm³/mol. The van der Waals surface area contributed by atoms with Gasteiger partial charge in [-0.1, -0.05) is 39.0 Å². The zero-order valence-corrected chi connectivity index (χ0v) is 15.2. The molecule has 0 saturated carbocycles. The highest BCUT2D eigenvalue weighted by Crippen LogP contribution is 2.09. The molecule has 0 aliphatic carbocycles. The van der Waals surface area contributed by atoms with E-state index in [2.05, 4.69) is 15.4 Å². The monoisotopic (exact) mass is 349 g/mol. The van der Waals surface area contributed by atoms with E-state index in [4.69, 9.17) is 0 Å². The maximum Gasteiger partial charge on any atom is 0.407 e. The van der Waals surface area contributed by atoms with Gasteiger partial charge in [-0.15, -0.1) is 0 Å². The Morgan fingerprint density at radius 1 is 1.16 bits per heavy atom. The van der Waals surface area contributed by atoms with Crippen molar-refractivity contribution in [3.05, 3.63) is 30.3 Å². The maximum atomic E-state index is 12.8. The molecule has 0 heterocycles. The molecule has 0 bridgehead atoms. The number of para-hydroxylation sites is 1. The molecule has 25 heavy (non-hydrogen) atoms. The second-order valence-electron chi connectivity index (χ2n) is 6.03. The minimum Gasteiger partial charge on any atom is -0.453 e. The average molecular weight is 349 g/mol. The lowest BCUT2D eigenvalue weighted by Gasteiger charge is -2.29. The molecule has 0 aliphatic rings. The summed E-state index contributed by atoms with van der Waals surface area (Å²) in [7, 11) is 1.24. The Morgan fingerprint density at radius 2 is 1.80 bits per heavy atom. The standard InChI is InChI=1S/C18H27N3O4/c1-5-11-21(12-15(22)19-14-9-7-6-8-10-14)17(23)16(13(2)3)20-18(24)25-4/h6-10,13,16H,5,11-12H2,1-4H3,(H,19,22)(H,20,24). The van der Waals surface area contributed by atoms with E-state index in [1.807, 2.05) is 39.0 Å². The van der Waals surface area contributed by atoms with Crippen LogP contribution in [-0.4, -0.2) is 49.0 Å². The highest BCUT2D eigenvalue weighted by molar-refractivity contribution is 5.95. The molecule has 1 aromatic carbocycles.